The summed E-state index contributed by atoms with van der Waals surface area (Å²) in [6.45, 7) is 6.86. The summed E-state index contributed by atoms with van der Waals surface area (Å²) in [4.78, 5) is 18.7. The summed E-state index contributed by atoms with van der Waals surface area (Å²) in [7, 11) is 0. The summed E-state index contributed by atoms with van der Waals surface area (Å²) in [5, 5.41) is 7.54. The number of hydrogen-bond donors (Lipinski definition) is 2. The highest BCUT2D eigenvalue weighted by Gasteiger charge is 2.25. The summed E-state index contributed by atoms with van der Waals surface area (Å²) in [6.07, 6.45) is 1.50. The fourth-order valence-electron chi connectivity index (χ4n) is 3.58. The lowest BCUT2D eigenvalue weighted by molar-refractivity contribution is -0.129. The van der Waals surface area contributed by atoms with Gasteiger partial charge in [0.1, 0.15) is 0 Å². The number of hydrogen-bond acceptors (Lipinski definition) is 2. The Labute approximate surface area is 201 Å². The topological polar surface area (TPSA) is 56.7 Å². The third kappa shape index (κ3) is 6.60. The van der Waals surface area contributed by atoms with Crippen LogP contribution in [-0.4, -0.2) is 42.4 Å². The normalized spacial score (nSPS) is 16.2. The van der Waals surface area contributed by atoms with Gasteiger partial charge in [-0.1, -0.05) is 54.9 Å². The quantitative estimate of drug-likeness (QED) is 0.318. The molecule has 0 aromatic heterocycles. The van der Waals surface area contributed by atoms with Gasteiger partial charge in [0.2, 0.25) is 5.91 Å². The molecule has 1 aliphatic heterocycles. The summed E-state index contributed by atoms with van der Waals surface area (Å²) in [5.41, 5.74) is 3.44. The average Bonchev–Trinajstić information content (AvgIpc) is 3.21. The Morgan fingerprint density at radius 2 is 1.90 bits per heavy atom. The molecule has 1 saturated heterocycles. The molecule has 1 aliphatic rings. The maximum Gasteiger partial charge on any atom is 0.222 e. The monoisotopic (exact) mass is 540 g/mol. The van der Waals surface area contributed by atoms with Crippen LogP contribution in [0.2, 0.25) is 5.02 Å². The van der Waals surface area contributed by atoms with E-state index in [1.54, 1.807) is 0 Å². The van der Waals surface area contributed by atoms with Gasteiger partial charge >= 0.3 is 0 Å². The van der Waals surface area contributed by atoms with Crippen LogP contribution >= 0.6 is 35.6 Å². The van der Waals surface area contributed by atoms with Gasteiger partial charge in [0, 0.05) is 37.1 Å². The van der Waals surface area contributed by atoms with Gasteiger partial charge in [-0.2, -0.15) is 0 Å². The summed E-state index contributed by atoms with van der Waals surface area (Å²) in [5.74, 6) is 1.00. The van der Waals surface area contributed by atoms with E-state index in [4.69, 9.17) is 16.6 Å². The van der Waals surface area contributed by atoms with Crippen LogP contribution in [0.5, 0.6) is 0 Å². The highest BCUT2D eigenvalue weighted by atomic mass is 127. The number of carbonyl (C=O) groups excluding carboxylic acids is 1. The average molecular weight is 541 g/mol. The molecule has 162 valence electrons. The van der Waals surface area contributed by atoms with Crippen LogP contribution in [0.4, 0.5) is 0 Å². The zero-order valence-electron chi connectivity index (χ0n) is 17.5. The molecule has 0 radical (unpaired) electrons. The zero-order chi connectivity index (χ0) is 20.6. The van der Waals surface area contributed by atoms with Crippen molar-refractivity contribution in [3.8, 4) is 11.1 Å². The van der Waals surface area contributed by atoms with E-state index in [1.807, 2.05) is 48.2 Å². The van der Waals surface area contributed by atoms with E-state index in [2.05, 4.69) is 29.7 Å². The van der Waals surface area contributed by atoms with Gasteiger partial charge in [-0.05, 0) is 42.2 Å². The highest BCUT2D eigenvalue weighted by Crippen LogP contribution is 2.25. The minimum absolute atomic E-state index is 0. The van der Waals surface area contributed by atoms with Crippen molar-refractivity contribution in [1.82, 2.24) is 15.5 Å². The Morgan fingerprint density at radius 3 is 2.60 bits per heavy atom. The second kappa shape index (κ2) is 12.2. The Morgan fingerprint density at radius 1 is 1.17 bits per heavy atom. The molecule has 1 unspecified atom stereocenters. The van der Waals surface area contributed by atoms with Crippen LogP contribution in [0.25, 0.3) is 11.1 Å². The van der Waals surface area contributed by atoms with E-state index in [0.717, 1.165) is 53.7 Å². The van der Waals surface area contributed by atoms with Crippen LogP contribution in [0.1, 0.15) is 32.3 Å². The molecule has 2 aromatic rings. The van der Waals surface area contributed by atoms with E-state index in [-0.39, 0.29) is 35.9 Å². The standard InChI is InChI=1S/C23H29ClN4O.HI/c1-3-22(29)28-14-13-20(16-28)27-23(25-4-2)26-15-18-7-5-6-8-21(18)17-9-11-19(24)12-10-17;/h5-12,20H,3-4,13-16H2,1-2H3,(H2,25,26,27);1H. The molecule has 0 aliphatic carbocycles. The molecule has 1 fully saturated rings. The fourth-order valence-corrected chi connectivity index (χ4v) is 3.70. The number of benzene rings is 2. The van der Waals surface area contributed by atoms with Crippen molar-refractivity contribution in [3.05, 3.63) is 59.1 Å². The number of likely N-dealkylation sites (tertiary alicyclic amines) is 1. The zero-order valence-corrected chi connectivity index (χ0v) is 20.6. The Hall–Kier alpha value is -1.80. The summed E-state index contributed by atoms with van der Waals surface area (Å²) in [6, 6.07) is 16.4. The van der Waals surface area contributed by atoms with Crippen molar-refractivity contribution in [3.63, 3.8) is 0 Å². The molecular weight excluding hydrogens is 511 g/mol. The molecule has 7 heteroatoms. The number of amides is 1. The number of nitrogens with one attached hydrogen (secondary N) is 2. The van der Waals surface area contributed by atoms with Gasteiger partial charge in [-0.25, -0.2) is 4.99 Å². The first-order valence-corrected chi connectivity index (χ1v) is 10.6. The number of aliphatic imine (C=N–C) groups is 1. The number of guanidine groups is 1. The molecule has 2 aromatic carbocycles. The molecular formula is C23H30ClIN4O. The number of carbonyl (C=O) groups is 1. The second-order valence-corrected chi connectivity index (χ2v) is 7.62. The molecule has 3 rings (SSSR count). The van der Waals surface area contributed by atoms with Crippen molar-refractivity contribution in [2.45, 2.75) is 39.3 Å². The molecule has 0 saturated carbocycles. The lowest BCUT2D eigenvalue weighted by atomic mass is 10.00. The molecule has 1 amide bonds. The van der Waals surface area contributed by atoms with Crippen molar-refractivity contribution in [2.75, 3.05) is 19.6 Å². The van der Waals surface area contributed by atoms with Crippen molar-refractivity contribution in [1.29, 1.82) is 0 Å². The van der Waals surface area contributed by atoms with E-state index in [0.29, 0.717) is 13.0 Å². The van der Waals surface area contributed by atoms with Crippen molar-refractivity contribution in [2.24, 2.45) is 4.99 Å². The largest absolute Gasteiger partial charge is 0.357 e. The SMILES string of the molecule is CCNC(=NCc1ccccc1-c1ccc(Cl)cc1)NC1CCN(C(=O)CC)C1.I. The smallest absolute Gasteiger partial charge is 0.222 e. The second-order valence-electron chi connectivity index (χ2n) is 7.18. The van der Waals surface area contributed by atoms with E-state index in [1.165, 1.54) is 0 Å². The fraction of sp³-hybridized carbons (Fsp3) is 0.391. The van der Waals surface area contributed by atoms with Crippen LogP contribution in [0.15, 0.2) is 53.5 Å². The van der Waals surface area contributed by atoms with Gasteiger partial charge in [-0.3, -0.25) is 4.79 Å². The third-order valence-electron chi connectivity index (χ3n) is 5.11. The molecule has 30 heavy (non-hydrogen) atoms. The van der Waals surface area contributed by atoms with Crippen LogP contribution in [0, 0.1) is 0 Å². The molecule has 2 N–H and O–H groups in total. The van der Waals surface area contributed by atoms with Gasteiger partial charge in [0.25, 0.3) is 0 Å². The lowest BCUT2D eigenvalue weighted by Gasteiger charge is -2.19. The first-order chi connectivity index (χ1) is 14.1. The summed E-state index contributed by atoms with van der Waals surface area (Å²) < 4.78 is 0. The van der Waals surface area contributed by atoms with Crippen molar-refractivity contribution < 1.29 is 4.79 Å². The first kappa shape index (κ1) is 24.5. The van der Waals surface area contributed by atoms with Crippen LogP contribution in [-0.2, 0) is 11.3 Å². The highest BCUT2D eigenvalue weighted by molar-refractivity contribution is 14.0. The van der Waals surface area contributed by atoms with Gasteiger partial charge in [0.15, 0.2) is 5.96 Å². The molecule has 1 heterocycles. The minimum atomic E-state index is 0. The lowest BCUT2D eigenvalue weighted by Crippen LogP contribution is -2.45. The molecule has 5 nitrogen and oxygen atoms in total. The molecule has 1 atom stereocenters. The maximum atomic E-state index is 11.9. The summed E-state index contributed by atoms with van der Waals surface area (Å²) >= 11 is 6.03. The predicted molar refractivity (Wildman–Crippen MR) is 136 cm³/mol. The van der Waals surface area contributed by atoms with Crippen LogP contribution < -0.4 is 10.6 Å². The first-order valence-electron chi connectivity index (χ1n) is 10.3. The number of halogens is 2. The Balaban J connectivity index is 0.00000320. The predicted octanol–water partition coefficient (Wildman–Crippen LogP) is 4.69. The molecule has 0 spiro atoms. The van der Waals surface area contributed by atoms with Gasteiger partial charge in [-0.15, -0.1) is 24.0 Å². The molecule has 0 bridgehead atoms. The Bertz CT molecular complexity index is 857. The van der Waals surface area contributed by atoms with E-state index >= 15 is 0 Å². The van der Waals surface area contributed by atoms with Gasteiger partial charge in [0.05, 0.1) is 6.54 Å². The van der Waals surface area contributed by atoms with Crippen LogP contribution in [0.3, 0.4) is 0 Å². The number of rotatable bonds is 6. The van der Waals surface area contributed by atoms with Crippen molar-refractivity contribution >= 4 is 47.4 Å². The Kier molecular flexibility index (Phi) is 9.91. The van der Waals surface area contributed by atoms with E-state index < -0.39 is 0 Å². The maximum absolute atomic E-state index is 11.9. The number of nitrogens with zero attached hydrogens (tertiary/aromatic N) is 2. The van der Waals surface area contributed by atoms with Gasteiger partial charge < -0.3 is 15.5 Å². The van der Waals surface area contributed by atoms with E-state index in [9.17, 15) is 4.79 Å². The minimum Gasteiger partial charge on any atom is -0.357 e. The third-order valence-corrected chi connectivity index (χ3v) is 5.36.